The van der Waals surface area contributed by atoms with Gasteiger partial charge < -0.3 is 10.1 Å². The van der Waals surface area contributed by atoms with Crippen LogP contribution in [-0.4, -0.2) is 23.5 Å². The lowest BCUT2D eigenvalue weighted by molar-refractivity contribution is -0.127. The molecule has 1 N–H and O–H groups in total. The van der Waals surface area contributed by atoms with E-state index in [2.05, 4.69) is 26.2 Å². The second-order valence-electron chi connectivity index (χ2n) is 4.22. The fourth-order valence-electron chi connectivity index (χ4n) is 1.14. The van der Waals surface area contributed by atoms with Gasteiger partial charge in [0.25, 0.3) is 5.91 Å². The number of carbonyl (C=O) groups excluding carboxylic acids is 1. The Kier molecular flexibility index (Phi) is 5.41. The van der Waals surface area contributed by atoms with E-state index in [1.54, 1.807) is 25.3 Å². The maximum atomic E-state index is 11.7. The van der Waals surface area contributed by atoms with E-state index in [-0.39, 0.29) is 5.91 Å². The summed E-state index contributed by atoms with van der Waals surface area (Å²) in [5.41, 5.74) is 0. The molecule has 0 saturated heterocycles. The number of rotatable bonds is 5. The van der Waals surface area contributed by atoms with Crippen molar-refractivity contribution in [3.63, 3.8) is 0 Å². The van der Waals surface area contributed by atoms with Crippen molar-refractivity contribution in [1.29, 1.82) is 0 Å². The summed E-state index contributed by atoms with van der Waals surface area (Å²) in [6.45, 7) is 6.47. The SMILES string of the molecule is CC(C)CNC(=O)C(C)Oc1ccc(Br)nc1. The van der Waals surface area contributed by atoms with E-state index in [4.69, 9.17) is 4.74 Å². The monoisotopic (exact) mass is 300 g/mol. The molecule has 0 fully saturated rings. The molecule has 0 aliphatic carbocycles. The number of aromatic nitrogens is 1. The number of nitrogens with one attached hydrogen (secondary N) is 1. The topological polar surface area (TPSA) is 51.2 Å². The molecule has 1 aromatic heterocycles. The largest absolute Gasteiger partial charge is 0.479 e. The van der Waals surface area contributed by atoms with Crippen LogP contribution in [0.4, 0.5) is 0 Å². The van der Waals surface area contributed by atoms with Crippen LogP contribution in [0.1, 0.15) is 20.8 Å². The minimum absolute atomic E-state index is 0.110. The molecule has 1 atom stereocenters. The Morgan fingerprint density at radius 1 is 1.47 bits per heavy atom. The third-order valence-electron chi connectivity index (χ3n) is 2.07. The van der Waals surface area contributed by atoms with E-state index >= 15 is 0 Å². The van der Waals surface area contributed by atoms with Crippen LogP contribution in [-0.2, 0) is 4.79 Å². The van der Waals surface area contributed by atoms with Gasteiger partial charge in [-0.2, -0.15) is 0 Å². The normalized spacial score (nSPS) is 12.3. The van der Waals surface area contributed by atoms with Crippen molar-refractivity contribution in [2.45, 2.75) is 26.9 Å². The van der Waals surface area contributed by atoms with Crippen LogP contribution in [0.25, 0.3) is 0 Å². The number of carbonyl (C=O) groups is 1. The first-order valence-electron chi connectivity index (χ1n) is 5.55. The summed E-state index contributed by atoms with van der Waals surface area (Å²) >= 11 is 3.24. The van der Waals surface area contributed by atoms with Gasteiger partial charge in [0.1, 0.15) is 10.4 Å². The van der Waals surface area contributed by atoms with Gasteiger partial charge in [-0.15, -0.1) is 0 Å². The number of amides is 1. The highest BCUT2D eigenvalue weighted by Crippen LogP contribution is 2.14. The van der Waals surface area contributed by atoms with E-state index in [0.717, 1.165) is 4.60 Å². The van der Waals surface area contributed by atoms with Gasteiger partial charge in [0.15, 0.2) is 6.10 Å². The molecule has 1 aromatic rings. The summed E-state index contributed by atoms with van der Waals surface area (Å²) in [4.78, 5) is 15.7. The number of hydrogen-bond acceptors (Lipinski definition) is 3. The minimum atomic E-state index is -0.517. The zero-order valence-electron chi connectivity index (χ0n) is 10.2. The quantitative estimate of drug-likeness (QED) is 0.850. The van der Waals surface area contributed by atoms with Gasteiger partial charge in [0.05, 0.1) is 6.20 Å². The molecular formula is C12H17BrN2O2. The van der Waals surface area contributed by atoms with Crippen LogP contribution in [0.15, 0.2) is 22.9 Å². The molecule has 1 amide bonds. The van der Waals surface area contributed by atoms with Crippen molar-refractivity contribution in [1.82, 2.24) is 10.3 Å². The van der Waals surface area contributed by atoms with Gasteiger partial charge in [0, 0.05) is 6.54 Å². The van der Waals surface area contributed by atoms with E-state index in [9.17, 15) is 4.79 Å². The third-order valence-corrected chi connectivity index (χ3v) is 2.54. The summed E-state index contributed by atoms with van der Waals surface area (Å²) in [6, 6.07) is 3.54. The Morgan fingerprint density at radius 3 is 2.71 bits per heavy atom. The molecule has 1 heterocycles. The van der Waals surface area contributed by atoms with E-state index in [1.807, 2.05) is 13.8 Å². The van der Waals surface area contributed by atoms with E-state index in [1.165, 1.54) is 0 Å². The molecule has 17 heavy (non-hydrogen) atoms. The number of ether oxygens (including phenoxy) is 1. The zero-order valence-corrected chi connectivity index (χ0v) is 11.8. The first-order valence-corrected chi connectivity index (χ1v) is 6.34. The van der Waals surface area contributed by atoms with Crippen molar-refractivity contribution in [2.75, 3.05) is 6.54 Å². The second kappa shape index (κ2) is 6.59. The molecule has 0 aliphatic rings. The summed E-state index contributed by atoms with van der Waals surface area (Å²) < 4.78 is 6.21. The molecule has 0 radical (unpaired) electrons. The first kappa shape index (κ1) is 14.0. The summed E-state index contributed by atoms with van der Waals surface area (Å²) in [6.07, 6.45) is 1.06. The fourth-order valence-corrected chi connectivity index (χ4v) is 1.37. The van der Waals surface area contributed by atoms with Gasteiger partial charge >= 0.3 is 0 Å². The number of hydrogen-bond donors (Lipinski definition) is 1. The smallest absolute Gasteiger partial charge is 0.260 e. The molecule has 0 bridgehead atoms. The molecule has 1 unspecified atom stereocenters. The highest BCUT2D eigenvalue weighted by molar-refractivity contribution is 9.10. The Bertz CT molecular complexity index is 365. The standard InChI is InChI=1S/C12H17BrN2O2/c1-8(2)6-15-12(16)9(3)17-10-4-5-11(13)14-7-10/h4-5,7-9H,6H2,1-3H3,(H,15,16). The van der Waals surface area contributed by atoms with Crippen LogP contribution in [0, 0.1) is 5.92 Å². The first-order chi connectivity index (χ1) is 7.99. The predicted molar refractivity (Wildman–Crippen MR) is 69.9 cm³/mol. The summed E-state index contributed by atoms with van der Waals surface area (Å²) in [5, 5.41) is 2.82. The van der Waals surface area contributed by atoms with Crippen LogP contribution in [0.3, 0.4) is 0 Å². The molecule has 0 aliphatic heterocycles. The Hall–Kier alpha value is -1.10. The molecule has 0 aromatic carbocycles. The molecule has 5 heteroatoms. The maximum Gasteiger partial charge on any atom is 0.260 e. The molecule has 0 saturated carbocycles. The molecule has 4 nitrogen and oxygen atoms in total. The third kappa shape index (κ3) is 5.17. The van der Waals surface area contributed by atoms with Crippen LogP contribution in [0.2, 0.25) is 0 Å². The molecule has 1 rings (SSSR count). The van der Waals surface area contributed by atoms with Crippen molar-refractivity contribution >= 4 is 21.8 Å². The van der Waals surface area contributed by atoms with Crippen molar-refractivity contribution < 1.29 is 9.53 Å². The van der Waals surface area contributed by atoms with Crippen molar-refractivity contribution in [3.8, 4) is 5.75 Å². The average Bonchev–Trinajstić information content (AvgIpc) is 2.28. The van der Waals surface area contributed by atoms with Crippen molar-refractivity contribution in [3.05, 3.63) is 22.9 Å². The number of nitrogens with zero attached hydrogens (tertiary/aromatic N) is 1. The molecular weight excluding hydrogens is 284 g/mol. The van der Waals surface area contributed by atoms with Gasteiger partial charge in [-0.05, 0) is 40.9 Å². The lowest BCUT2D eigenvalue weighted by Gasteiger charge is -2.15. The number of halogens is 1. The lowest BCUT2D eigenvalue weighted by atomic mass is 10.2. The van der Waals surface area contributed by atoms with Gasteiger partial charge in [-0.25, -0.2) is 4.98 Å². The Balaban J connectivity index is 2.45. The summed E-state index contributed by atoms with van der Waals surface area (Å²) in [5.74, 6) is 0.905. The van der Waals surface area contributed by atoms with E-state index in [0.29, 0.717) is 18.2 Å². The van der Waals surface area contributed by atoms with E-state index < -0.39 is 6.10 Å². The fraction of sp³-hybridized carbons (Fsp3) is 0.500. The highest BCUT2D eigenvalue weighted by atomic mass is 79.9. The van der Waals surface area contributed by atoms with Gasteiger partial charge in [-0.3, -0.25) is 4.79 Å². The van der Waals surface area contributed by atoms with Gasteiger partial charge in [-0.1, -0.05) is 13.8 Å². The van der Waals surface area contributed by atoms with Gasteiger partial charge in [0.2, 0.25) is 0 Å². The maximum absolute atomic E-state index is 11.7. The second-order valence-corrected chi connectivity index (χ2v) is 5.03. The number of pyridine rings is 1. The average molecular weight is 301 g/mol. The molecule has 94 valence electrons. The Labute approximate surface area is 110 Å². The van der Waals surface area contributed by atoms with Crippen LogP contribution < -0.4 is 10.1 Å². The Morgan fingerprint density at radius 2 is 2.18 bits per heavy atom. The van der Waals surface area contributed by atoms with Crippen LogP contribution in [0.5, 0.6) is 5.75 Å². The lowest BCUT2D eigenvalue weighted by Crippen LogP contribution is -2.38. The molecule has 0 spiro atoms. The zero-order chi connectivity index (χ0) is 12.8. The highest BCUT2D eigenvalue weighted by Gasteiger charge is 2.14. The minimum Gasteiger partial charge on any atom is -0.479 e. The summed E-state index contributed by atoms with van der Waals surface area (Å²) in [7, 11) is 0. The van der Waals surface area contributed by atoms with Crippen molar-refractivity contribution in [2.24, 2.45) is 5.92 Å². The van der Waals surface area contributed by atoms with Crippen LogP contribution >= 0.6 is 15.9 Å². The predicted octanol–water partition coefficient (Wildman–Crippen LogP) is 2.38.